The van der Waals surface area contributed by atoms with Gasteiger partial charge < -0.3 is 33.6 Å². The molecule has 10 heteroatoms. The van der Waals surface area contributed by atoms with Crippen molar-refractivity contribution in [3.8, 4) is 5.75 Å². The molecule has 314 valence electrons. The number of aliphatic hydroxyl groups excluding tert-OH is 2. The van der Waals surface area contributed by atoms with Crippen LogP contribution in [-0.4, -0.2) is 54.2 Å². The van der Waals surface area contributed by atoms with E-state index in [0.29, 0.717) is 47.8 Å². The van der Waals surface area contributed by atoms with E-state index in [-0.39, 0.29) is 54.4 Å². The highest BCUT2D eigenvalue weighted by Crippen LogP contribution is 2.47. The average molecular weight is 815 g/mol. The molecule has 0 spiro atoms. The fraction of sp³-hybridized carbons (Fsp3) is 0.380. The summed E-state index contributed by atoms with van der Waals surface area (Å²) in [5, 5.41) is 21.2. The van der Waals surface area contributed by atoms with Crippen LogP contribution in [0.1, 0.15) is 90.6 Å². The highest BCUT2D eigenvalue weighted by Gasteiger charge is 2.50. The summed E-state index contributed by atoms with van der Waals surface area (Å²) in [6.07, 6.45) is 1.54. The number of methoxy groups -OCH3 is 1. The van der Waals surface area contributed by atoms with Gasteiger partial charge in [0.05, 0.1) is 25.4 Å². The molecule has 4 aromatic carbocycles. The first-order valence-corrected chi connectivity index (χ1v) is 20.8. The minimum absolute atomic E-state index is 0.0613. The Bertz CT molecular complexity index is 2410. The van der Waals surface area contributed by atoms with Crippen molar-refractivity contribution in [3.05, 3.63) is 157 Å². The molecule has 0 saturated heterocycles. The highest BCUT2D eigenvalue weighted by atomic mass is 16.6. The van der Waals surface area contributed by atoms with E-state index in [2.05, 4.69) is 48.5 Å². The minimum Gasteiger partial charge on any atom is -0.483 e. The Kier molecular flexibility index (Phi) is 13.3. The first-order chi connectivity index (χ1) is 29.0. The lowest BCUT2D eigenvalue weighted by atomic mass is 9.86. The molecule has 2 bridgehead atoms. The van der Waals surface area contributed by atoms with E-state index in [4.69, 9.17) is 23.4 Å². The number of carbonyl (C=O) groups excluding carboxylic acids is 2. The second-order valence-electron chi connectivity index (χ2n) is 16.6. The number of carbonyl (C=O) groups is 2. The molecule has 0 radical (unpaired) electrons. The lowest BCUT2D eigenvalue weighted by Gasteiger charge is -2.43. The molecule has 10 nitrogen and oxygen atoms in total. The van der Waals surface area contributed by atoms with E-state index in [1.807, 2.05) is 30.3 Å². The van der Waals surface area contributed by atoms with Crippen molar-refractivity contribution in [1.82, 2.24) is 0 Å². The molecule has 0 amide bonds. The normalized spacial score (nSPS) is 20.1. The molecule has 60 heavy (non-hydrogen) atoms. The third-order valence-electron chi connectivity index (χ3n) is 11.9. The number of esters is 2. The Hall–Kier alpha value is -5.55. The molecule has 3 aliphatic rings. The number of rotatable bonds is 10. The summed E-state index contributed by atoms with van der Waals surface area (Å²) in [4.78, 5) is 42.3. The fourth-order valence-corrected chi connectivity index (χ4v) is 8.56. The minimum atomic E-state index is -1.26. The predicted molar refractivity (Wildman–Crippen MR) is 228 cm³/mol. The van der Waals surface area contributed by atoms with Crippen LogP contribution in [0.25, 0.3) is 11.0 Å². The first kappa shape index (κ1) is 42.6. The fourth-order valence-electron chi connectivity index (χ4n) is 8.56. The van der Waals surface area contributed by atoms with Gasteiger partial charge in [-0.05, 0) is 116 Å². The Morgan fingerprint density at radius 2 is 1.53 bits per heavy atom. The Morgan fingerprint density at radius 1 is 0.800 bits per heavy atom. The molecule has 8 rings (SSSR count). The van der Waals surface area contributed by atoms with Gasteiger partial charge in [0.1, 0.15) is 16.9 Å². The number of hydrogen-bond acceptors (Lipinski definition) is 10. The van der Waals surface area contributed by atoms with Crippen LogP contribution in [0.2, 0.25) is 0 Å². The van der Waals surface area contributed by atoms with Crippen molar-refractivity contribution in [2.24, 2.45) is 5.92 Å². The topological polar surface area (TPSA) is 142 Å². The first-order valence-electron chi connectivity index (χ1n) is 20.8. The van der Waals surface area contributed by atoms with E-state index in [1.165, 1.54) is 23.8 Å². The highest BCUT2D eigenvalue weighted by molar-refractivity contribution is 5.90. The summed E-state index contributed by atoms with van der Waals surface area (Å²) in [6, 6.07) is 30.6. The molecular weight excluding hydrogens is 761 g/mol. The molecule has 2 N–H and O–H groups in total. The van der Waals surface area contributed by atoms with Gasteiger partial charge in [0.15, 0.2) is 12.2 Å². The van der Waals surface area contributed by atoms with Gasteiger partial charge in [-0.3, -0.25) is 4.79 Å². The molecular formula is C50H54O10. The van der Waals surface area contributed by atoms with Crippen molar-refractivity contribution in [2.75, 3.05) is 20.3 Å². The standard InChI is InChI=1S/C50H54O10/c1-31(29-51)38-20-19-32-13-15-35(16-14-32)27-37(18-17-34-11-8-12-36(26-34)25-33-9-6-5-7-10-33)28-43(53)57-46-44-42(60-50(2,3)47(46)59-48(38)54)22-21-39-41(30-52)40(23-24-56-4)49(55)58-45(39)44/h5-16,21-22,26,37,46-47,51-52H,17-20,23-25,27-30H2,1-4H3/t37-,46-,47-/m0/s1. The largest absolute Gasteiger partial charge is 0.483 e. The maximum Gasteiger partial charge on any atom is 0.339 e. The smallest absolute Gasteiger partial charge is 0.339 e. The van der Waals surface area contributed by atoms with Gasteiger partial charge in [0.2, 0.25) is 0 Å². The summed E-state index contributed by atoms with van der Waals surface area (Å²) in [7, 11) is 1.52. The van der Waals surface area contributed by atoms with Crippen molar-refractivity contribution >= 4 is 22.9 Å². The Labute approximate surface area is 350 Å². The number of aryl methyl sites for hydroxylation is 2. The second-order valence-corrected chi connectivity index (χ2v) is 16.6. The third kappa shape index (κ3) is 9.57. The van der Waals surface area contributed by atoms with Gasteiger partial charge >= 0.3 is 17.6 Å². The zero-order valence-corrected chi connectivity index (χ0v) is 34.8. The van der Waals surface area contributed by atoms with E-state index < -0.39 is 42.0 Å². The summed E-state index contributed by atoms with van der Waals surface area (Å²) in [5.74, 6) is -1.02. The maximum absolute atomic E-state index is 14.5. The lowest BCUT2D eigenvalue weighted by molar-refractivity contribution is -0.188. The van der Waals surface area contributed by atoms with Gasteiger partial charge in [-0.25, -0.2) is 9.59 Å². The molecule has 3 atom stereocenters. The van der Waals surface area contributed by atoms with Crippen LogP contribution in [0.3, 0.4) is 0 Å². The number of hydrogen-bond donors (Lipinski definition) is 2. The Morgan fingerprint density at radius 3 is 2.27 bits per heavy atom. The van der Waals surface area contributed by atoms with Crippen molar-refractivity contribution < 1.29 is 43.2 Å². The molecule has 0 saturated carbocycles. The lowest BCUT2D eigenvalue weighted by Crippen LogP contribution is -2.52. The van der Waals surface area contributed by atoms with Crippen LogP contribution in [0.4, 0.5) is 0 Å². The van der Waals surface area contributed by atoms with Gasteiger partial charge in [-0.2, -0.15) is 0 Å². The second kappa shape index (κ2) is 18.8. The SMILES string of the molecule is COCCc1c(CO)c2ccc3c(c2oc1=O)[C@@H]1OC(=O)C[C@@H](CCc2cccc(Cc4ccccc4)c2)Cc2ccc(cc2)CCC(=C(C)CO)C(=O)O[C@@H]1C(C)(C)O3. The predicted octanol–water partition coefficient (Wildman–Crippen LogP) is 7.87. The number of ether oxygens (including phenoxy) is 4. The van der Waals surface area contributed by atoms with Crippen LogP contribution < -0.4 is 10.4 Å². The molecule has 0 fully saturated rings. The maximum atomic E-state index is 14.5. The number of fused-ring (bicyclic) bond motifs is 13. The van der Waals surface area contributed by atoms with Crippen LogP contribution in [-0.2, 0) is 62.5 Å². The van der Waals surface area contributed by atoms with E-state index in [0.717, 1.165) is 24.0 Å². The molecule has 4 heterocycles. The molecule has 1 aromatic heterocycles. The summed E-state index contributed by atoms with van der Waals surface area (Å²) in [5.41, 5.74) is 5.54. The zero-order chi connectivity index (χ0) is 42.4. The summed E-state index contributed by atoms with van der Waals surface area (Å²) < 4.78 is 30.6. The van der Waals surface area contributed by atoms with Crippen LogP contribution in [0.15, 0.2) is 111 Å². The number of aliphatic hydroxyl groups is 2. The monoisotopic (exact) mass is 814 g/mol. The van der Waals surface area contributed by atoms with E-state index in [9.17, 15) is 24.6 Å². The summed E-state index contributed by atoms with van der Waals surface area (Å²) in [6.45, 7) is 4.61. The van der Waals surface area contributed by atoms with Crippen molar-refractivity contribution in [3.63, 3.8) is 0 Å². The molecule has 0 unspecified atom stereocenters. The number of benzene rings is 4. The van der Waals surface area contributed by atoms with Gasteiger partial charge in [0.25, 0.3) is 0 Å². The van der Waals surface area contributed by atoms with Gasteiger partial charge in [-0.1, -0.05) is 78.9 Å². The molecule has 0 aliphatic carbocycles. The van der Waals surface area contributed by atoms with Gasteiger partial charge in [0, 0.05) is 36.5 Å². The molecule has 5 aromatic rings. The quantitative estimate of drug-likeness (QED) is 0.0813. The van der Waals surface area contributed by atoms with Gasteiger partial charge in [-0.15, -0.1) is 0 Å². The Balaban J connectivity index is 1.28. The average Bonchev–Trinajstić information content (AvgIpc) is 3.23. The van der Waals surface area contributed by atoms with Crippen LogP contribution in [0.5, 0.6) is 5.75 Å². The third-order valence-corrected chi connectivity index (χ3v) is 11.9. The van der Waals surface area contributed by atoms with Crippen molar-refractivity contribution in [1.29, 1.82) is 0 Å². The zero-order valence-electron chi connectivity index (χ0n) is 34.8. The van der Waals surface area contributed by atoms with E-state index in [1.54, 1.807) is 32.9 Å². The van der Waals surface area contributed by atoms with E-state index >= 15 is 0 Å². The summed E-state index contributed by atoms with van der Waals surface area (Å²) >= 11 is 0. The molecule has 3 aliphatic heterocycles. The van der Waals surface area contributed by atoms with Crippen LogP contribution in [0, 0.1) is 5.92 Å². The van der Waals surface area contributed by atoms with Crippen molar-refractivity contribution in [2.45, 2.75) is 96.6 Å². The van der Waals surface area contributed by atoms with Crippen LogP contribution >= 0.6 is 0 Å².